The van der Waals surface area contributed by atoms with Crippen LogP contribution < -0.4 is 21.3 Å². The predicted molar refractivity (Wildman–Crippen MR) is 128 cm³/mol. The Labute approximate surface area is 184 Å². The Kier molecular flexibility index (Phi) is 4.91. The maximum Gasteiger partial charge on any atom is 0.231 e. The number of benzene rings is 2. The third-order valence-corrected chi connectivity index (χ3v) is 5.41. The van der Waals surface area contributed by atoms with Gasteiger partial charge < -0.3 is 31.7 Å². The highest BCUT2D eigenvalue weighted by Crippen LogP contribution is 2.30. The summed E-state index contributed by atoms with van der Waals surface area (Å²) in [6, 6.07) is 13.5. The molecule has 2 aromatic heterocycles. The fourth-order valence-corrected chi connectivity index (χ4v) is 3.81. The number of hydrogen-bond acceptors (Lipinski definition) is 7. The first kappa shape index (κ1) is 19.6. The molecule has 6 N–H and O–H groups in total. The van der Waals surface area contributed by atoms with Crippen LogP contribution >= 0.6 is 0 Å². The lowest BCUT2D eigenvalue weighted by Gasteiger charge is -2.18. The van der Waals surface area contributed by atoms with Gasteiger partial charge in [-0.1, -0.05) is 0 Å². The van der Waals surface area contributed by atoms with Crippen molar-refractivity contribution in [3.05, 3.63) is 59.8 Å². The van der Waals surface area contributed by atoms with E-state index < -0.39 is 0 Å². The van der Waals surface area contributed by atoms with Gasteiger partial charge in [-0.15, -0.1) is 0 Å². The Balaban J connectivity index is 1.46. The molecule has 0 radical (unpaired) electrons. The summed E-state index contributed by atoms with van der Waals surface area (Å²) in [5, 5.41) is 21.1. The van der Waals surface area contributed by atoms with Crippen LogP contribution in [-0.4, -0.2) is 34.1 Å². The topological polar surface area (TPSA) is 131 Å². The number of rotatable bonds is 6. The monoisotopic (exact) mass is 426 g/mol. The normalized spacial score (nSPS) is 12.7. The number of carbonyl (C=O) groups is 1. The lowest BCUT2D eigenvalue weighted by molar-refractivity contribution is -0.116. The quantitative estimate of drug-likeness (QED) is 0.254. The van der Waals surface area contributed by atoms with Crippen molar-refractivity contribution in [2.24, 2.45) is 0 Å². The SMILES string of the molecule is CNc1ccc(Nc2nc(Nc3ccc4c(c3)CCC(=O)N4)nc3[nH]ccc23)cc1C=N. The average molecular weight is 426 g/mol. The van der Waals surface area contributed by atoms with Gasteiger partial charge in [-0.3, -0.25) is 4.79 Å². The van der Waals surface area contributed by atoms with Crippen molar-refractivity contribution in [1.29, 1.82) is 5.41 Å². The zero-order valence-corrected chi connectivity index (χ0v) is 17.4. The van der Waals surface area contributed by atoms with Gasteiger partial charge in [0.1, 0.15) is 11.5 Å². The molecule has 0 saturated heterocycles. The van der Waals surface area contributed by atoms with Crippen molar-refractivity contribution < 1.29 is 4.79 Å². The molecule has 3 heterocycles. The van der Waals surface area contributed by atoms with Crippen LogP contribution in [0, 0.1) is 5.41 Å². The minimum Gasteiger partial charge on any atom is -0.388 e. The molecule has 0 saturated carbocycles. The maximum absolute atomic E-state index is 11.6. The molecule has 9 nitrogen and oxygen atoms in total. The van der Waals surface area contributed by atoms with E-state index in [1.54, 1.807) is 0 Å². The fraction of sp³-hybridized carbons (Fsp3) is 0.130. The number of nitrogens with zero attached hydrogens (tertiary/aromatic N) is 2. The van der Waals surface area contributed by atoms with E-state index in [1.807, 2.05) is 55.7 Å². The van der Waals surface area contributed by atoms with Crippen molar-refractivity contribution >= 4 is 57.7 Å². The van der Waals surface area contributed by atoms with Crippen molar-refractivity contribution in [3.63, 3.8) is 0 Å². The van der Waals surface area contributed by atoms with Crippen LogP contribution in [0.15, 0.2) is 48.7 Å². The standard InChI is InChI=1S/C23H22N8O/c1-25-18-5-3-15(11-14(18)12-24)27-22-17-8-9-26-21(17)30-23(31-22)28-16-4-6-19-13(10-16)2-7-20(32)29-19/h3-6,8-12,24-25H,2,7H2,1H3,(H,29,32)(H3,26,27,28,30,31). The summed E-state index contributed by atoms with van der Waals surface area (Å²) in [5.74, 6) is 1.14. The number of aromatic amines is 1. The minimum absolute atomic E-state index is 0.0448. The number of anilines is 6. The molecular formula is C23H22N8O. The molecule has 2 aromatic carbocycles. The molecule has 1 aliphatic rings. The lowest BCUT2D eigenvalue weighted by Crippen LogP contribution is -2.18. The van der Waals surface area contributed by atoms with E-state index in [0.29, 0.717) is 30.3 Å². The maximum atomic E-state index is 11.6. The van der Waals surface area contributed by atoms with E-state index in [9.17, 15) is 4.79 Å². The second-order valence-electron chi connectivity index (χ2n) is 7.50. The molecule has 160 valence electrons. The van der Waals surface area contributed by atoms with Crippen LogP contribution in [-0.2, 0) is 11.2 Å². The van der Waals surface area contributed by atoms with Gasteiger partial charge in [-0.2, -0.15) is 9.97 Å². The van der Waals surface area contributed by atoms with Crippen molar-refractivity contribution in [3.8, 4) is 0 Å². The molecular weight excluding hydrogens is 404 g/mol. The molecule has 0 aliphatic carbocycles. The Morgan fingerprint density at radius 2 is 1.88 bits per heavy atom. The number of fused-ring (bicyclic) bond motifs is 2. The third kappa shape index (κ3) is 3.71. The number of hydrogen-bond donors (Lipinski definition) is 6. The van der Waals surface area contributed by atoms with Gasteiger partial charge in [0.25, 0.3) is 0 Å². The molecule has 0 atom stereocenters. The first-order chi connectivity index (χ1) is 15.6. The number of carbonyl (C=O) groups excluding carboxylic acids is 1. The minimum atomic E-state index is 0.0448. The predicted octanol–water partition coefficient (Wildman–Crippen LogP) is 4.37. The van der Waals surface area contributed by atoms with Crippen LogP contribution in [0.25, 0.3) is 11.0 Å². The fourth-order valence-electron chi connectivity index (χ4n) is 3.81. The lowest BCUT2D eigenvalue weighted by atomic mass is 10.0. The van der Waals surface area contributed by atoms with Gasteiger partial charge in [-0.05, 0) is 54.4 Å². The molecule has 0 spiro atoms. The van der Waals surface area contributed by atoms with Crippen molar-refractivity contribution in [2.45, 2.75) is 12.8 Å². The third-order valence-electron chi connectivity index (χ3n) is 5.41. The summed E-state index contributed by atoms with van der Waals surface area (Å²) < 4.78 is 0. The Morgan fingerprint density at radius 3 is 2.72 bits per heavy atom. The van der Waals surface area contributed by atoms with Gasteiger partial charge >= 0.3 is 0 Å². The highest BCUT2D eigenvalue weighted by Gasteiger charge is 2.16. The Bertz CT molecular complexity index is 1340. The average Bonchev–Trinajstić information content (AvgIpc) is 3.28. The summed E-state index contributed by atoms with van der Waals surface area (Å²) in [6.45, 7) is 0. The number of aryl methyl sites for hydroxylation is 1. The zero-order chi connectivity index (χ0) is 22.1. The largest absolute Gasteiger partial charge is 0.388 e. The summed E-state index contributed by atoms with van der Waals surface area (Å²) in [6.07, 6.45) is 4.33. The molecule has 32 heavy (non-hydrogen) atoms. The summed E-state index contributed by atoms with van der Waals surface area (Å²) in [5.41, 5.74) is 5.96. The van der Waals surface area contributed by atoms with Crippen LogP contribution in [0.1, 0.15) is 17.5 Å². The van der Waals surface area contributed by atoms with Crippen LogP contribution in [0.3, 0.4) is 0 Å². The molecule has 9 heteroatoms. The number of amides is 1. The second kappa shape index (κ2) is 8.03. The van der Waals surface area contributed by atoms with Gasteiger partial charge in [0.05, 0.1) is 5.39 Å². The van der Waals surface area contributed by atoms with Crippen molar-refractivity contribution in [2.75, 3.05) is 28.3 Å². The number of nitrogens with one attached hydrogen (secondary N) is 6. The first-order valence-electron chi connectivity index (χ1n) is 10.3. The van der Waals surface area contributed by atoms with Crippen LogP contribution in [0.2, 0.25) is 0 Å². The molecule has 1 aliphatic heterocycles. The van der Waals surface area contributed by atoms with E-state index in [2.05, 4.69) is 31.2 Å². The van der Waals surface area contributed by atoms with Crippen molar-refractivity contribution in [1.82, 2.24) is 15.0 Å². The van der Waals surface area contributed by atoms with Crippen LogP contribution in [0.4, 0.5) is 34.5 Å². The highest BCUT2D eigenvalue weighted by molar-refractivity contribution is 5.95. The first-order valence-corrected chi connectivity index (χ1v) is 10.3. The zero-order valence-electron chi connectivity index (χ0n) is 17.4. The molecule has 1 amide bonds. The van der Waals surface area contributed by atoms with Crippen LogP contribution in [0.5, 0.6) is 0 Å². The Morgan fingerprint density at radius 1 is 1.03 bits per heavy atom. The van der Waals surface area contributed by atoms with Gasteiger partial charge in [0.2, 0.25) is 11.9 Å². The summed E-state index contributed by atoms with van der Waals surface area (Å²) >= 11 is 0. The number of aromatic nitrogens is 3. The smallest absolute Gasteiger partial charge is 0.231 e. The summed E-state index contributed by atoms with van der Waals surface area (Å²) in [4.78, 5) is 24.0. The van der Waals surface area contributed by atoms with E-state index in [0.717, 1.165) is 39.3 Å². The van der Waals surface area contributed by atoms with E-state index in [-0.39, 0.29) is 5.91 Å². The van der Waals surface area contributed by atoms with E-state index in [1.165, 1.54) is 6.21 Å². The molecule has 0 bridgehead atoms. The van der Waals surface area contributed by atoms with Gasteiger partial charge in [0, 0.05) is 54.2 Å². The van der Waals surface area contributed by atoms with Gasteiger partial charge in [-0.25, -0.2) is 0 Å². The summed E-state index contributed by atoms with van der Waals surface area (Å²) in [7, 11) is 1.83. The molecule has 5 rings (SSSR count). The van der Waals surface area contributed by atoms with E-state index >= 15 is 0 Å². The molecule has 0 fully saturated rings. The number of H-pyrrole nitrogens is 1. The molecule has 0 unspecified atom stereocenters. The van der Waals surface area contributed by atoms with Gasteiger partial charge in [0.15, 0.2) is 0 Å². The second-order valence-corrected chi connectivity index (χ2v) is 7.50. The van der Waals surface area contributed by atoms with E-state index in [4.69, 9.17) is 10.4 Å². The molecule has 4 aromatic rings. The Hall–Kier alpha value is -4.40. The highest BCUT2D eigenvalue weighted by atomic mass is 16.1.